The molecule has 0 saturated carbocycles. The van der Waals surface area contributed by atoms with E-state index in [1.165, 1.54) is 23.8 Å². The van der Waals surface area contributed by atoms with Gasteiger partial charge in [0.25, 0.3) is 0 Å². The minimum Gasteiger partial charge on any atom is -0.366 e. The first-order valence-corrected chi connectivity index (χ1v) is 12.4. The first-order chi connectivity index (χ1) is 15.8. The molecule has 0 atom stereocenters. The van der Waals surface area contributed by atoms with E-state index in [0.717, 1.165) is 16.7 Å². The highest BCUT2D eigenvalue weighted by Gasteiger charge is 2.06. The van der Waals surface area contributed by atoms with Crippen LogP contribution in [0.15, 0.2) is 84.9 Å². The van der Waals surface area contributed by atoms with Gasteiger partial charge in [0.2, 0.25) is 5.91 Å². The molecule has 0 radical (unpaired) electrons. The summed E-state index contributed by atoms with van der Waals surface area (Å²) in [6.45, 7) is 4.16. The maximum atomic E-state index is 11.1. The summed E-state index contributed by atoms with van der Waals surface area (Å²) in [5, 5.41) is 8.87. The average Bonchev–Trinajstić information content (AvgIpc) is 2.79. The molecule has 0 unspecified atom stereocenters. The molecule has 0 aromatic heterocycles. The number of benzene rings is 4. The van der Waals surface area contributed by atoms with Gasteiger partial charge in [0.05, 0.1) is 11.6 Å². The number of nitriles is 1. The van der Waals surface area contributed by atoms with E-state index < -0.39 is 5.91 Å². The van der Waals surface area contributed by atoms with E-state index >= 15 is 0 Å². The van der Waals surface area contributed by atoms with Gasteiger partial charge in [-0.05, 0) is 141 Å². The van der Waals surface area contributed by atoms with Crippen molar-refractivity contribution in [1.82, 2.24) is 0 Å². The molecule has 0 saturated heterocycles. The van der Waals surface area contributed by atoms with Crippen LogP contribution in [-0.4, -0.2) is 5.91 Å². The number of aryl methyl sites for hydroxylation is 2. The van der Waals surface area contributed by atoms with E-state index in [9.17, 15) is 4.79 Å². The van der Waals surface area contributed by atoms with Crippen molar-refractivity contribution in [3.63, 3.8) is 0 Å². The van der Waals surface area contributed by atoms with Crippen LogP contribution < -0.4 is 5.73 Å². The molecule has 0 aliphatic rings. The third kappa shape index (κ3) is 6.65. The van der Waals surface area contributed by atoms with E-state index in [1.807, 2.05) is 42.5 Å². The summed E-state index contributed by atoms with van der Waals surface area (Å²) in [6, 6.07) is 29.9. The number of hydrogen-bond donors (Lipinski definition) is 1. The summed E-state index contributed by atoms with van der Waals surface area (Å²) in [4.78, 5) is 11.1. The summed E-state index contributed by atoms with van der Waals surface area (Å²) in [6.07, 6.45) is 0. The molecule has 0 bridgehead atoms. The normalized spacial score (nSPS) is 10.0. The molecule has 5 heteroatoms. The Labute approximate surface area is 221 Å². The Morgan fingerprint density at radius 3 is 1.76 bits per heavy atom. The molecule has 2 N–H and O–H groups in total. The van der Waals surface area contributed by atoms with E-state index in [1.54, 1.807) is 6.07 Å². The van der Waals surface area contributed by atoms with Gasteiger partial charge in [-0.2, -0.15) is 5.26 Å². The second-order valence-corrected chi connectivity index (χ2v) is 10.0. The third-order valence-electron chi connectivity index (χ3n) is 5.14. The van der Waals surface area contributed by atoms with Crippen molar-refractivity contribution in [2.75, 3.05) is 0 Å². The average molecular weight is 656 g/mol. The van der Waals surface area contributed by atoms with Crippen molar-refractivity contribution in [3.05, 3.63) is 114 Å². The number of halogens is 2. The number of amides is 1. The molecule has 0 aliphatic carbocycles. The molecule has 33 heavy (non-hydrogen) atoms. The van der Waals surface area contributed by atoms with Crippen LogP contribution >= 0.6 is 45.2 Å². The topological polar surface area (TPSA) is 66.9 Å². The fourth-order valence-corrected chi connectivity index (χ4v) is 4.79. The van der Waals surface area contributed by atoms with Crippen molar-refractivity contribution in [2.24, 2.45) is 5.73 Å². The van der Waals surface area contributed by atoms with Crippen molar-refractivity contribution in [1.29, 1.82) is 5.26 Å². The summed E-state index contributed by atoms with van der Waals surface area (Å²) >= 11 is 4.59. The Morgan fingerprint density at radius 2 is 1.27 bits per heavy atom. The van der Waals surface area contributed by atoms with Crippen LogP contribution in [0.2, 0.25) is 0 Å². The first kappa shape index (κ1) is 24.9. The summed E-state index contributed by atoms with van der Waals surface area (Å²) in [5.74, 6) is -0.394. The summed E-state index contributed by atoms with van der Waals surface area (Å²) in [5.41, 5.74) is 13.4. The van der Waals surface area contributed by atoms with Crippen LogP contribution in [0.3, 0.4) is 0 Å². The van der Waals surface area contributed by atoms with Crippen molar-refractivity contribution in [2.45, 2.75) is 13.8 Å². The smallest absolute Gasteiger partial charge is 0.248 e. The Morgan fingerprint density at radius 1 is 0.758 bits per heavy atom. The molecule has 1 amide bonds. The minimum absolute atomic E-state index is 0.394. The van der Waals surface area contributed by atoms with Crippen LogP contribution in [-0.2, 0) is 0 Å². The molecule has 164 valence electrons. The number of carbonyl (C=O) groups excluding carboxylic acids is 1. The summed E-state index contributed by atoms with van der Waals surface area (Å²) < 4.78 is 2.44. The molecular formula is C28H22I2N2O. The molecule has 4 rings (SSSR count). The van der Waals surface area contributed by atoms with E-state index in [-0.39, 0.29) is 0 Å². The Kier molecular flexibility index (Phi) is 8.64. The standard InChI is InChI=1S/C14H12INO.C14H10IN/c1-9-7-12(15)5-6-13(9)10-3-2-4-11(8-10)14(16)17;1-10-7-13(15)5-6-14(10)12-4-2-3-11(8-12)9-16/h2-8H,1H3,(H2,16,17);2-8H,1H3. The predicted octanol–water partition coefficient (Wildman–Crippen LogP) is 7.50. The molecular weight excluding hydrogens is 634 g/mol. The minimum atomic E-state index is -0.394. The van der Waals surface area contributed by atoms with Gasteiger partial charge in [-0.3, -0.25) is 4.79 Å². The molecule has 3 nitrogen and oxygen atoms in total. The van der Waals surface area contributed by atoms with Crippen LogP contribution in [0.5, 0.6) is 0 Å². The van der Waals surface area contributed by atoms with Gasteiger partial charge in [-0.1, -0.05) is 36.4 Å². The van der Waals surface area contributed by atoms with Gasteiger partial charge < -0.3 is 5.73 Å². The first-order valence-electron chi connectivity index (χ1n) is 10.2. The number of nitrogens with zero attached hydrogens (tertiary/aromatic N) is 1. The Bertz CT molecular complexity index is 1360. The highest BCUT2D eigenvalue weighted by Crippen LogP contribution is 2.26. The second kappa shape index (κ2) is 11.4. The SMILES string of the molecule is Cc1cc(I)ccc1-c1cccc(C#N)c1.Cc1cc(I)ccc1-c1cccc(C(N)=O)c1. The van der Waals surface area contributed by atoms with E-state index in [4.69, 9.17) is 11.0 Å². The molecule has 0 heterocycles. The Balaban J connectivity index is 0.000000186. The van der Waals surface area contributed by atoms with Gasteiger partial charge in [-0.25, -0.2) is 0 Å². The van der Waals surface area contributed by atoms with Crippen molar-refractivity contribution in [3.8, 4) is 28.3 Å². The molecule has 0 spiro atoms. The van der Waals surface area contributed by atoms with Crippen LogP contribution in [0.4, 0.5) is 0 Å². The maximum Gasteiger partial charge on any atom is 0.248 e. The monoisotopic (exact) mass is 656 g/mol. The van der Waals surface area contributed by atoms with Gasteiger partial charge >= 0.3 is 0 Å². The zero-order chi connectivity index (χ0) is 24.0. The molecule has 4 aromatic rings. The molecule has 0 aliphatic heterocycles. The number of carbonyl (C=O) groups is 1. The summed E-state index contributed by atoms with van der Waals surface area (Å²) in [7, 11) is 0. The van der Waals surface area contributed by atoms with Crippen LogP contribution in [0, 0.1) is 32.3 Å². The highest BCUT2D eigenvalue weighted by molar-refractivity contribution is 14.1. The van der Waals surface area contributed by atoms with Crippen molar-refractivity contribution < 1.29 is 4.79 Å². The maximum absolute atomic E-state index is 11.1. The van der Waals surface area contributed by atoms with Gasteiger partial charge in [0, 0.05) is 12.7 Å². The molecule has 0 fully saturated rings. The highest BCUT2D eigenvalue weighted by atomic mass is 127. The fraction of sp³-hybridized carbons (Fsp3) is 0.0714. The zero-order valence-electron chi connectivity index (χ0n) is 18.3. The van der Waals surface area contributed by atoms with Crippen LogP contribution in [0.25, 0.3) is 22.3 Å². The second-order valence-electron chi connectivity index (χ2n) is 7.56. The lowest BCUT2D eigenvalue weighted by atomic mass is 9.99. The fourth-order valence-electron chi connectivity index (χ4n) is 3.50. The lowest BCUT2D eigenvalue weighted by Crippen LogP contribution is -2.10. The number of nitrogens with two attached hydrogens (primary N) is 1. The molecule has 4 aromatic carbocycles. The lowest BCUT2D eigenvalue weighted by molar-refractivity contribution is 0.100. The Hall–Kier alpha value is -2.70. The van der Waals surface area contributed by atoms with Gasteiger partial charge in [0.15, 0.2) is 0 Å². The zero-order valence-corrected chi connectivity index (χ0v) is 22.6. The third-order valence-corrected chi connectivity index (χ3v) is 6.48. The number of hydrogen-bond acceptors (Lipinski definition) is 2. The van der Waals surface area contributed by atoms with Gasteiger partial charge in [0.1, 0.15) is 0 Å². The number of primary amides is 1. The number of rotatable bonds is 3. The largest absolute Gasteiger partial charge is 0.366 e. The van der Waals surface area contributed by atoms with Gasteiger partial charge in [-0.15, -0.1) is 0 Å². The van der Waals surface area contributed by atoms with Crippen LogP contribution in [0.1, 0.15) is 27.0 Å². The van der Waals surface area contributed by atoms with E-state index in [0.29, 0.717) is 11.1 Å². The lowest BCUT2D eigenvalue weighted by Gasteiger charge is -2.07. The predicted molar refractivity (Wildman–Crippen MR) is 152 cm³/mol. The quantitative estimate of drug-likeness (QED) is 0.232. The van der Waals surface area contributed by atoms with E-state index in [2.05, 4.69) is 101 Å². The van der Waals surface area contributed by atoms with Crippen molar-refractivity contribution >= 4 is 51.1 Å².